The Bertz CT molecular complexity index is 922. The van der Waals surface area contributed by atoms with Crippen LogP contribution >= 0.6 is 0 Å². The van der Waals surface area contributed by atoms with Crippen LogP contribution in [0.5, 0.6) is 0 Å². The Morgan fingerprint density at radius 3 is 1.89 bits per heavy atom. The molecule has 148 valence electrons. The van der Waals surface area contributed by atoms with Crippen LogP contribution in [0.2, 0.25) is 0 Å². The molecule has 27 heavy (non-hydrogen) atoms. The van der Waals surface area contributed by atoms with Gasteiger partial charge in [0, 0.05) is 17.2 Å². The highest BCUT2D eigenvalue weighted by molar-refractivity contribution is 7.86. The number of nitrogens with zero attached hydrogens (tertiary/aromatic N) is 1. The SMILES string of the molecule is Cc1cc(C)c([I+]c2ccccc2[N+](=O)[O-])c(C)c1.O=S(=O)([O-])C(F)(F)F. The molecule has 0 aromatic heterocycles. The molecule has 2 aromatic rings. The summed E-state index contributed by atoms with van der Waals surface area (Å²) >= 11 is -0.524. The molecule has 0 unspecified atom stereocenters. The van der Waals surface area contributed by atoms with Crippen molar-refractivity contribution in [1.82, 2.24) is 0 Å². The molecule has 0 saturated heterocycles. The highest BCUT2D eigenvalue weighted by atomic mass is 127. The van der Waals surface area contributed by atoms with E-state index in [0.717, 1.165) is 3.57 Å². The van der Waals surface area contributed by atoms with Crippen LogP contribution in [0.1, 0.15) is 16.7 Å². The molecule has 0 N–H and O–H groups in total. The number of alkyl halides is 3. The number of hydrogen-bond acceptors (Lipinski definition) is 5. The average Bonchev–Trinajstić information content (AvgIpc) is 2.49. The van der Waals surface area contributed by atoms with Gasteiger partial charge in [-0.1, -0.05) is 29.8 Å². The molecule has 0 aliphatic rings. The van der Waals surface area contributed by atoms with Crippen LogP contribution < -0.4 is 21.2 Å². The van der Waals surface area contributed by atoms with Crippen LogP contribution in [0.3, 0.4) is 0 Å². The molecule has 0 heterocycles. The highest BCUT2D eigenvalue weighted by Gasteiger charge is 2.37. The minimum absolute atomic E-state index is 0.245. The Morgan fingerprint density at radius 1 is 1.04 bits per heavy atom. The third-order valence-electron chi connectivity index (χ3n) is 3.11. The fraction of sp³-hybridized carbons (Fsp3) is 0.250. The largest absolute Gasteiger partial charge is 0.741 e. The second-order valence-electron chi connectivity index (χ2n) is 5.42. The first-order chi connectivity index (χ1) is 12.2. The van der Waals surface area contributed by atoms with E-state index >= 15 is 0 Å². The smallest absolute Gasteiger partial charge is 0.485 e. The van der Waals surface area contributed by atoms with Crippen LogP contribution in [-0.4, -0.2) is 23.4 Å². The van der Waals surface area contributed by atoms with E-state index < -0.39 is 36.8 Å². The summed E-state index contributed by atoms with van der Waals surface area (Å²) in [4.78, 5) is 10.8. The Morgan fingerprint density at radius 2 is 1.48 bits per heavy atom. The Kier molecular flexibility index (Phi) is 7.75. The van der Waals surface area contributed by atoms with Gasteiger partial charge in [-0.3, -0.25) is 10.1 Å². The molecule has 2 aromatic carbocycles. The van der Waals surface area contributed by atoms with Gasteiger partial charge in [-0.2, -0.15) is 13.2 Å². The minimum Gasteiger partial charge on any atom is -0.741 e. The topological polar surface area (TPSA) is 100 Å². The number of para-hydroxylation sites is 1. The predicted octanol–water partition coefficient (Wildman–Crippen LogP) is 0.700. The maximum absolute atomic E-state index is 11.1. The van der Waals surface area contributed by atoms with E-state index in [1.807, 2.05) is 12.1 Å². The molecule has 0 aliphatic carbocycles. The fourth-order valence-electron chi connectivity index (χ4n) is 2.09. The molecular weight excluding hydrogens is 502 g/mol. The van der Waals surface area contributed by atoms with E-state index in [9.17, 15) is 23.3 Å². The third kappa shape index (κ3) is 6.74. The summed E-state index contributed by atoms with van der Waals surface area (Å²) in [5, 5.41) is 11.1. The fourth-order valence-corrected chi connectivity index (χ4v) is 4.88. The summed E-state index contributed by atoms with van der Waals surface area (Å²) in [6.07, 6.45) is 0. The highest BCUT2D eigenvalue weighted by Crippen LogP contribution is 2.20. The lowest BCUT2D eigenvalue weighted by molar-refractivity contribution is -0.606. The number of nitro groups is 1. The van der Waals surface area contributed by atoms with Crippen molar-refractivity contribution in [2.75, 3.05) is 0 Å². The number of hydrogen-bond donors (Lipinski definition) is 0. The van der Waals surface area contributed by atoms with E-state index in [1.165, 1.54) is 20.3 Å². The molecule has 0 aliphatic heterocycles. The summed E-state index contributed by atoms with van der Waals surface area (Å²) in [5.74, 6) is 0. The first kappa shape index (κ1) is 23.3. The molecule has 0 atom stereocenters. The summed E-state index contributed by atoms with van der Waals surface area (Å²) in [6, 6.07) is 11.4. The minimum atomic E-state index is -6.09. The lowest BCUT2D eigenvalue weighted by Crippen LogP contribution is -3.62. The number of rotatable bonds is 3. The Balaban J connectivity index is 0.000000387. The first-order valence-electron chi connectivity index (χ1n) is 7.22. The molecule has 0 amide bonds. The average molecular weight is 517 g/mol. The van der Waals surface area contributed by atoms with Crippen LogP contribution in [0, 0.1) is 38.0 Å². The zero-order chi connectivity index (χ0) is 21.0. The third-order valence-corrected chi connectivity index (χ3v) is 7.41. The standard InChI is InChI=1S/C15H15INO2.CHF3O3S/c1-10-8-11(2)15(12(3)9-10)16-13-6-4-5-7-14(13)17(18)19;2-1(3,4)8(5,6)7/h4-9H,1-3H3;(H,5,6,7)/q+1;/p-1. The van der Waals surface area contributed by atoms with Gasteiger partial charge in [0.25, 0.3) is 3.57 Å². The van der Waals surface area contributed by atoms with E-state index in [4.69, 9.17) is 13.0 Å². The van der Waals surface area contributed by atoms with Gasteiger partial charge in [0.05, 0.1) is 4.92 Å². The quantitative estimate of drug-likeness (QED) is 0.196. The van der Waals surface area contributed by atoms with Crippen molar-refractivity contribution in [2.24, 2.45) is 0 Å². The zero-order valence-corrected chi connectivity index (χ0v) is 17.3. The van der Waals surface area contributed by atoms with Crippen molar-refractivity contribution in [3.05, 3.63) is 70.3 Å². The maximum atomic E-state index is 11.1. The predicted molar refractivity (Wildman–Crippen MR) is 86.9 cm³/mol. The van der Waals surface area contributed by atoms with Crippen LogP contribution in [0.15, 0.2) is 36.4 Å². The second kappa shape index (κ2) is 8.97. The number of aryl methyl sites for hydroxylation is 3. The molecule has 2 rings (SSSR count). The number of nitro benzene ring substituents is 1. The van der Waals surface area contributed by atoms with Crippen molar-refractivity contribution < 1.29 is 52.3 Å². The molecule has 0 fully saturated rings. The van der Waals surface area contributed by atoms with Gasteiger partial charge in [-0.05, 0) is 26.8 Å². The van der Waals surface area contributed by atoms with E-state index in [-0.39, 0.29) is 10.6 Å². The molecule has 0 radical (unpaired) electrons. The summed E-state index contributed by atoms with van der Waals surface area (Å²) in [7, 11) is -6.09. The summed E-state index contributed by atoms with van der Waals surface area (Å²) in [5.41, 5.74) is -1.68. The van der Waals surface area contributed by atoms with Gasteiger partial charge in [0.2, 0.25) is 0 Å². The van der Waals surface area contributed by atoms with Gasteiger partial charge in [0.1, 0.15) is 0 Å². The molecule has 0 bridgehead atoms. The Hall–Kier alpha value is -1.73. The lowest BCUT2D eigenvalue weighted by atomic mass is 10.1. The van der Waals surface area contributed by atoms with Gasteiger partial charge in [-0.25, -0.2) is 8.42 Å². The number of halogens is 4. The normalized spacial score (nSPS) is 11.5. The monoisotopic (exact) mass is 517 g/mol. The molecule has 0 saturated carbocycles. The second-order valence-corrected chi connectivity index (χ2v) is 9.57. The van der Waals surface area contributed by atoms with Crippen molar-refractivity contribution in [3.8, 4) is 0 Å². The van der Waals surface area contributed by atoms with Crippen molar-refractivity contribution in [3.63, 3.8) is 0 Å². The van der Waals surface area contributed by atoms with Crippen molar-refractivity contribution in [2.45, 2.75) is 26.3 Å². The van der Waals surface area contributed by atoms with E-state index in [2.05, 4.69) is 32.9 Å². The van der Waals surface area contributed by atoms with E-state index in [1.54, 1.807) is 12.1 Å². The summed E-state index contributed by atoms with van der Waals surface area (Å²) < 4.78 is 61.1. The molecule has 0 spiro atoms. The summed E-state index contributed by atoms with van der Waals surface area (Å²) in [6.45, 7) is 6.25. The number of benzene rings is 2. The maximum Gasteiger partial charge on any atom is 0.485 e. The lowest BCUT2D eigenvalue weighted by Gasteiger charge is -2.08. The van der Waals surface area contributed by atoms with Gasteiger partial charge < -0.3 is 4.55 Å². The van der Waals surface area contributed by atoms with Crippen LogP contribution in [-0.2, 0) is 10.1 Å². The van der Waals surface area contributed by atoms with E-state index in [0.29, 0.717) is 0 Å². The van der Waals surface area contributed by atoms with Crippen LogP contribution in [0.25, 0.3) is 0 Å². The van der Waals surface area contributed by atoms with Gasteiger partial charge in [-0.15, -0.1) is 0 Å². The zero-order valence-electron chi connectivity index (χ0n) is 14.4. The molecular formula is C16H15F3INO5S. The first-order valence-corrected chi connectivity index (χ1v) is 10.8. The molecule has 11 heteroatoms. The van der Waals surface area contributed by atoms with Gasteiger partial charge in [0.15, 0.2) is 13.7 Å². The van der Waals surface area contributed by atoms with Crippen molar-refractivity contribution >= 4 is 15.8 Å². The Labute approximate surface area is 164 Å². The van der Waals surface area contributed by atoms with Gasteiger partial charge >= 0.3 is 32.4 Å². The van der Waals surface area contributed by atoms with Crippen molar-refractivity contribution in [1.29, 1.82) is 0 Å². The van der Waals surface area contributed by atoms with Crippen LogP contribution in [0.4, 0.5) is 18.9 Å². The molecule has 6 nitrogen and oxygen atoms in total.